The van der Waals surface area contributed by atoms with Gasteiger partial charge in [-0.2, -0.15) is 0 Å². The van der Waals surface area contributed by atoms with Crippen molar-refractivity contribution >= 4 is 23.2 Å². The Bertz CT molecular complexity index is 1000. The van der Waals surface area contributed by atoms with Crippen molar-refractivity contribution in [2.75, 3.05) is 19.6 Å². The molecule has 2 fully saturated rings. The number of nitrogens with one attached hydrogen (secondary N) is 1. The molecule has 1 aromatic heterocycles. The highest BCUT2D eigenvalue weighted by Crippen LogP contribution is 2.41. The van der Waals surface area contributed by atoms with E-state index >= 15 is 0 Å². The predicted molar refractivity (Wildman–Crippen MR) is 113 cm³/mol. The molecule has 0 spiro atoms. The van der Waals surface area contributed by atoms with Gasteiger partial charge >= 0.3 is 6.09 Å². The van der Waals surface area contributed by atoms with Gasteiger partial charge < -0.3 is 15.0 Å². The monoisotopic (exact) mass is 431 g/mol. The van der Waals surface area contributed by atoms with Gasteiger partial charge in [0.15, 0.2) is 5.78 Å². The molecular weight excluding hydrogens is 405 g/mol. The highest BCUT2D eigenvalue weighted by Gasteiger charge is 2.57. The number of rotatable bonds is 3. The standard InChI is InChI=1S/C22H26FN3O3S/c1-13-25-17(15-7-5-6-8-16(15)23)18(30-13)19(27)22-12-26(10-9-14(22)11-24-22)20(28)29-21(2,3)4/h5-8,14,24H,9-12H2,1-4H3. The number of carbonyl (C=O) groups excluding carboxylic acids is 2. The summed E-state index contributed by atoms with van der Waals surface area (Å²) in [7, 11) is 0. The third-order valence-electron chi connectivity index (χ3n) is 5.67. The summed E-state index contributed by atoms with van der Waals surface area (Å²) in [5, 5.41) is 3.99. The van der Waals surface area contributed by atoms with Crippen LogP contribution < -0.4 is 5.32 Å². The van der Waals surface area contributed by atoms with Crippen LogP contribution in [0.2, 0.25) is 0 Å². The van der Waals surface area contributed by atoms with E-state index in [0.29, 0.717) is 34.1 Å². The van der Waals surface area contributed by atoms with Gasteiger partial charge in [0.05, 0.1) is 10.7 Å². The molecule has 2 aliphatic rings. The smallest absolute Gasteiger partial charge is 0.410 e. The van der Waals surface area contributed by atoms with E-state index in [-0.39, 0.29) is 18.2 Å². The second-order valence-corrected chi connectivity index (χ2v) is 10.2. The first kappa shape index (κ1) is 20.9. The maximum Gasteiger partial charge on any atom is 0.410 e. The lowest BCUT2D eigenvalue weighted by atomic mass is 9.68. The number of carbonyl (C=O) groups is 2. The lowest BCUT2D eigenvalue weighted by molar-refractivity contribution is -0.0162. The zero-order valence-corrected chi connectivity index (χ0v) is 18.4. The van der Waals surface area contributed by atoms with Gasteiger partial charge in [-0.15, -0.1) is 11.3 Å². The zero-order chi connectivity index (χ0) is 21.7. The van der Waals surface area contributed by atoms with Crippen LogP contribution in [0.25, 0.3) is 11.3 Å². The highest BCUT2D eigenvalue weighted by molar-refractivity contribution is 7.14. The second kappa shape index (κ2) is 7.42. The summed E-state index contributed by atoms with van der Waals surface area (Å²) in [4.78, 5) is 32.9. The summed E-state index contributed by atoms with van der Waals surface area (Å²) >= 11 is 1.27. The van der Waals surface area contributed by atoms with Gasteiger partial charge in [-0.05, 0) is 46.2 Å². The number of fused-ring (bicyclic) bond motifs is 1. The predicted octanol–water partition coefficient (Wildman–Crippen LogP) is 4.04. The minimum atomic E-state index is -0.881. The van der Waals surface area contributed by atoms with Crippen molar-refractivity contribution in [2.24, 2.45) is 5.92 Å². The molecule has 4 rings (SSSR count). The molecule has 1 amide bonds. The number of ether oxygens (including phenoxy) is 1. The minimum absolute atomic E-state index is 0.125. The first-order valence-electron chi connectivity index (χ1n) is 10.1. The Kier molecular flexibility index (Phi) is 5.18. The molecule has 30 heavy (non-hydrogen) atoms. The van der Waals surface area contributed by atoms with Crippen LogP contribution in [0.15, 0.2) is 24.3 Å². The number of likely N-dealkylation sites (tertiary alicyclic amines) is 1. The van der Waals surface area contributed by atoms with Gasteiger partial charge in [-0.3, -0.25) is 4.79 Å². The van der Waals surface area contributed by atoms with Crippen LogP contribution in [0, 0.1) is 18.7 Å². The normalized spacial score (nSPS) is 23.5. The molecule has 2 atom stereocenters. The van der Waals surface area contributed by atoms with Gasteiger partial charge in [0, 0.05) is 31.1 Å². The third kappa shape index (κ3) is 3.63. The fraction of sp³-hybridized carbons (Fsp3) is 0.500. The molecule has 2 saturated heterocycles. The molecule has 1 N–H and O–H groups in total. The van der Waals surface area contributed by atoms with E-state index in [1.165, 1.54) is 17.4 Å². The van der Waals surface area contributed by atoms with E-state index in [1.54, 1.807) is 23.1 Å². The van der Waals surface area contributed by atoms with E-state index in [1.807, 2.05) is 27.7 Å². The lowest BCUT2D eigenvalue weighted by Crippen LogP contribution is -2.76. The fourth-order valence-electron chi connectivity index (χ4n) is 4.16. The Morgan fingerprint density at radius 1 is 1.33 bits per heavy atom. The van der Waals surface area contributed by atoms with Crippen molar-refractivity contribution in [1.82, 2.24) is 15.2 Å². The fourth-order valence-corrected chi connectivity index (χ4v) is 5.12. The molecule has 6 nitrogen and oxygen atoms in total. The quantitative estimate of drug-likeness (QED) is 0.743. The van der Waals surface area contributed by atoms with Crippen molar-refractivity contribution < 1.29 is 18.7 Å². The van der Waals surface area contributed by atoms with Crippen molar-refractivity contribution in [3.63, 3.8) is 0 Å². The van der Waals surface area contributed by atoms with Crippen molar-refractivity contribution in [3.05, 3.63) is 40.0 Å². The Morgan fingerprint density at radius 3 is 2.70 bits per heavy atom. The van der Waals surface area contributed by atoms with Crippen LogP contribution in [0.1, 0.15) is 41.9 Å². The summed E-state index contributed by atoms with van der Waals surface area (Å²) in [6.45, 7) is 8.78. The van der Waals surface area contributed by atoms with Crippen LogP contribution in [0.4, 0.5) is 9.18 Å². The number of hydrogen-bond donors (Lipinski definition) is 1. The molecule has 0 radical (unpaired) electrons. The number of benzene rings is 1. The average molecular weight is 432 g/mol. The number of ketones is 1. The molecular formula is C22H26FN3O3S. The summed E-state index contributed by atoms with van der Waals surface area (Å²) in [5.41, 5.74) is -0.798. The number of piperidine rings is 1. The molecule has 3 heterocycles. The van der Waals surface area contributed by atoms with Gasteiger partial charge in [0.2, 0.25) is 0 Å². The molecule has 160 valence electrons. The molecule has 2 aromatic rings. The minimum Gasteiger partial charge on any atom is -0.444 e. The molecule has 0 aliphatic carbocycles. The summed E-state index contributed by atoms with van der Waals surface area (Å²) in [5.74, 6) is -0.415. The Labute approximate surface area is 179 Å². The molecule has 1 aromatic carbocycles. The van der Waals surface area contributed by atoms with E-state index in [4.69, 9.17) is 4.74 Å². The van der Waals surface area contributed by atoms with E-state index in [2.05, 4.69) is 10.3 Å². The first-order valence-corrected chi connectivity index (χ1v) is 10.9. The highest BCUT2D eigenvalue weighted by atomic mass is 32.1. The van der Waals surface area contributed by atoms with Gasteiger partial charge in [-0.25, -0.2) is 14.2 Å². The first-order chi connectivity index (χ1) is 14.1. The molecule has 8 heteroatoms. The van der Waals surface area contributed by atoms with E-state index < -0.39 is 23.1 Å². The number of amides is 1. The summed E-state index contributed by atoms with van der Waals surface area (Å²) < 4.78 is 20.0. The van der Waals surface area contributed by atoms with Gasteiger partial charge in [0.25, 0.3) is 0 Å². The Morgan fingerprint density at radius 2 is 2.07 bits per heavy atom. The van der Waals surface area contributed by atoms with Crippen molar-refractivity contribution in [2.45, 2.75) is 45.3 Å². The number of halogens is 1. The third-order valence-corrected chi connectivity index (χ3v) is 6.64. The average Bonchev–Trinajstić information content (AvgIpc) is 3.02. The van der Waals surface area contributed by atoms with E-state index in [9.17, 15) is 14.0 Å². The van der Waals surface area contributed by atoms with E-state index in [0.717, 1.165) is 6.54 Å². The Hall–Kier alpha value is -2.32. The maximum absolute atomic E-state index is 14.5. The van der Waals surface area contributed by atoms with Crippen molar-refractivity contribution in [3.8, 4) is 11.3 Å². The van der Waals surface area contributed by atoms with Crippen LogP contribution >= 0.6 is 11.3 Å². The second-order valence-electron chi connectivity index (χ2n) is 8.96. The van der Waals surface area contributed by atoms with Crippen LogP contribution in [-0.2, 0) is 4.74 Å². The van der Waals surface area contributed by atoms with Gasteiger partial charge in [-0.1, -0.05) is 12.1 Å². The lowest BCUT2D eigenvalue weighted by Gasteiger charge is -2.54. The topological polar surface area (TPSA) is 71.5 Å². The number of nitrogens with zero attached hydrogens (tertiary/aromatic N) is 2. The molecule has 0 bridgehead atoms. The van der Waals surface area contributed by atoms with Crippen LogP contribution in [0.5, 0.6) is 0 Å². The summed E-state index contributed by atoms with van der Waals surface area (Å²) in [6.07, 6.45) is 0.293. The molecule has 2 unspecified atom stereocenters. The summed E-state index contributed by atoms with van der Waals surface area (Å²) in [6, 6.07) is 6.35. The number of thiazole rings is 1. The number of aryl methyl sites for hydroxylation is 1. The van der Waals surface area contributed by atoms with Crippen LogP contribution in [-0.4, -0.2) is 52.5 Å². The molecule has 0 saturated carbocycles. The largest absolute Gasteiger partial charge is 0.444 e. The Balaban J connectivity index is 1.66. The van der Waals surface area contributed by atoms with Gasteiger partial charge in [0.1, 0.15) is 21.8 Å². The van der Waals surface area contributed by atoms with Crippen molar-refractivity contribution in [1.29, 1.82) is 0 Å². The number of aromatic nitrogens is 1. The SMILES string of the molecule is Cc1nc(-c2ccccc2F)c(C(=O)C23CN(C(=O)OC(C)(C)C)CCC2CN3)s1. The van der Waals surface area contributed by atoms with Crippen LogP contribution in [0.3, 0.4) is 0 Å². The molecule has 2 aliphatic heterocycles. The number of hydrogen-bond acceptors (Lipinski definition) is 6. The zero-order valence-electron chi connectivity index (χ0n) is 17.6. The maximum atomic E-state index is 14.5. The number of Topliss-reactive ketones (excluding diaryl/α,β-unsaturated/α-hetero) is 1.